The zero-order valence-corrected chi connectivity index (χ0v) is 12.2. The summed E-state index contributed by atoms with van der Waals surface area (Å²) in [7, 11) is 0. The third-order valence-corrected chi connectivity index (χ3v) is 2.80. The maximum absolute atomic E-state index is 12.1. The number of halogens is 2. The van der Waals surface area contributed by atoms with Crippen LogP contribution in [0.4, 0.5) is 0 Å². The highest BCUT2D eigenvalue weighted by Gasteiger charge is 2.19. The average Bonchev–Trinajstić information content (AvgIpc) is 2.30. The van der Waals surface area contributed by atoms with Gasteiger partial charge in [-0.2, -0.15) is 0 Å². The molecule has 0 fully saturated rings. The quantitative estimate of drug-likeness (QED) is 0.769. The first-order chi connectivity index (χ1) is 7.20. The SMILES string of the molecule is CCN(CC)C(C)C(=O)c1ccccc1.Cl.Cl. The zero-order chi connectivity index (χ0) is 11.3. The van der Waals surface area contributed by atoms with Crippen LogP contribution in [0.5, 0.6) is 0 Å². The molecule has 0 bridgehead atoms. The zero-order valence-electron chi connectivity index (χ0n) is 10.6. The molecule has 0 N–H and O–H groups in total. The molecule has 0 heterocycles. The molecule has 1 rings (SSSR count). The van der Waals surface area contributed by atoms with Crippen molar-refractivity contribution >= 4 is 30.6 Å². The Morgan fingerprint density at radius 3 is 2.00 bits per heavy atom. The van der Waals surface area contributed by atoms with E-state index in [1.165, 1.54) is 0 Å². The molecule has 2 nitrogen and oxygen atoms in total. The van der Waals surface area contributed by atoms with Gasteiger partial charge in [-0.1, -0.05) is 44.2 Å². The van der Waals surface area contributed by atoms with Crippen LogP contribution in [0.3, 0.4) is 0 Å². The van der Waals surface area contributed by atoms with Crippen molar-refractivity contribution in [2.75, 3.05) is 13.1 Å². The Hall–Kier alpha value is -0.570. The minimum atomic E-state index is -0.0256. The van der Waals surface area contributed by atoms with Gasteiger partial charge >= 0.3 is 0 Å². The molecule has 1 aromatic rings. The van der Waals surface area contributed by atoms with Crippen LogP contribution in [-0.2, 0) is 0 Å². The molecule has 0 saturated carbocycles. The molecule has 0 saturated heterocycles. The number of carbonyl (C=O) groups excluding carboxylic acids is 1. The van der Waals surface area contributed by atoms with Crippen molar-refractivity contribution in [1.82, 2.24) is 4.90 Å². The molecule has 0 radical (unpaired) electrons. The number of nitrogens with zero attached hydrogens (tertiary/aromatic N) is 1. The molecular weight excluding hydrogens is 257 g/mol. The third-order valence-electron chi connectivity index (χ3n) is 2.80. The Balaban J connectivity index is 0. The van der Waals surface area contributed by atoms with Gasteiger partial charge in [0, 0.05) is 5.56 Å². The Labute approximate surface area is 116 Å². The largest absolute Gasteiger partial charge is 0.294 e. The van der Waals surface area contributed by atoms with E-state index in [1.807, 2.05) is 37.3 Å². The van der Waals surface area contributed by atoms with Gasteiger partial charge in [-0.25, -0.2) is 0 Å². The van der Waals surface area contributed by atoms with E-state index >= 15 is 0 Å². The summed E-state index contributed by atoms with van der Waals surface area (Å²) in [5.41, 5.74) is 0.803. The summed E-state index contributed by atoms with van der Waals surface area (Å²) in [6.07, 6.45) is 0. The summed E-state index contributed by atoms with van der Waals surface area (Å²) in [5.74, 6) is 0.208. The van der Waals surface area contributed by atoms with Crippen LogP contribution in [0, 0.1) is 0 Å². The predicted octanol–water partition coefficient (Wildman–Crippen LogP) is 3.44. The standard InChI is InChI=1S/C13H19NO.2ClH/c1-4-14(5-2)11(3)13(15)12-9-7-6-8-10-12;;/h6-11H,4-5H2,1-3H3;2*1H. The molecule has 98 valence electrons. The van der Waals surface area contributed by atoms with Gasteiger partial charge in [-0.05, 0) is 20.0 Å². The maximum Gasteiger partial charge on any atom is 0.179 e. The second-order valence-electron chi connectivity index (χ2n) is 3.63. The van der Waals surface area contributed by atoms with Crippen molar-refractivity contribution in [2.24, 2.45) is 0 Å². The molecular formula is C13H21Cl2NO. The molecule has 17 heavy (non-hydrogen) atoms. The smallest absolute Gasteiger partial charge is 0.179 e. The fourth-order valence-corrected chi connectivity index (χ4v) is 1.78. The van der Waals surface area contributed by atoms with Crippen molar-refractivity contribution in [2.45, 2.75) is 26.8 Å². The van der Waals surface area contributed by atoms with E-state index in [2.05, 4.69) is 18.7 Å². The van der Waals surface area contributed by atoms with Crippen LogP contribution in [0.1, 0.15) is 31.1 Å². The first kappa shape index (κ1) is 18.8. The molecule has 0 aliphatic heterocycles. The van der Waals surface area contributed by atoms with Gasteiger partial charge in [-0.3, -0.25) is 9.69 Å². The summed E-state index contributed by atoms with van der Waals surface area (Å²) in [6, 6.07) is 9.47. The van der Waals surface area contributed by atoms with Gasteiger partial charge in [0.25, 0.3) is 0 Å². The summed E-state index contributed by atoms with van der Waals surface area (Å²) < 4.78 is 0. The molecule has 4 heteroatoms. The normalized spacial score (nSPS) is 11.3. The molecule has 1 aromatic carbocycles. The van der Waals surface area contributed by atoms with Crippen LogP contribution in [0.2, 0.25) is 0 Å². The molecule has 0 aromatic heterocycles. The highest BCUT2D eigenvalue weighted by Crippen LogP contribution is 2.08. The minimum Gasteiger partial charge on any atom is -0.294 e. The number of Topliss-reactive ketones (excluding diaryl/α,β-unsaturated/α-hetero) is 1. The first-order valence-corrected chi connectivity index (χ1v) is 5.54. The number of ketones is 1. The van der Waals surface area contributed by atoms with Gasteiger partial charge in [-0.15, -0.1) is 24.8 Å². The van der Waals surface area contributed by atoms with Crippen LogP contribution < -0.4 is 0 Å². The summed E-state index contributed by atoms with van der Waals surface area (Å²) in [4.78, 5) is 14.2. The van der Waals surface area contributed by atoms with E-state index in [0.29, 0.717) is 0 Å². The van der Waals surface area contributed by atoms with Gasteiger partial charge < -0.3 is 0 Å². The van der Waals surface area contributed by atoms with E-state index in [4.69, 9.17) is 0 Å². The lowest BCUT2D eigenvalue weighted by molar-refractivity contribution is 0.0851. The molecule has 0 aliphatic carbocycles. The first-order valence-electron chi connectivity index (χ1n) is 5.54. The molecule has 0 amide bonds. The highest BCUT2D eigenvalue weighted by atomic mass is 35.5. The Morgan fingerprint density at radius 1 is 1.12 bits per heavy atom. The maximum atomic E-state index is 12.1. The predicted molar refractivity (Wildman–Crippen MR) is 77.7 cm³/mol. The Morgan fingerprint density at radius 2 is 1.59 bits per heavy atom. The van der Waals surface area contributed by atoms with Crippen LogP contribution in [0.25, 0.3) is 0 Å². The fraction of sp³-hybridized carbons (Fsp3) is 0.462. The number of benzene rings is 1. The summed E-state index contributed by atoms with van der Waals surface area (Å²) in [6.45, 7) is 7.96. The molecule has 1 unspecified atom stereocenters. The van der Waals surface area contributed by atoms with Crippen molar-refractivity contribution in [1.29, 1.82) is 0 Å². The Bertz CT molecular complexity index is 312. The lowest BCUT2D eigenvalue weighted by atomic mass is 10.0. The molecule has 1 atom stereocenters. The number of rotatable bonds is 5. The van der Waals surface area contributed by atoms with Crippen LogP contribution >= 0.6 is 24.8 Å². The van der Waals surface area contributed by atoms with E-state index < -0.39 is 0 Å². The van der Waals surface area contributed by atoms with Gasteiger partial charge in [0.05, 0.1) is 6.04 Å². The molecule has 0 spiro atoms. The van der Waals surface area contributed by atoms with Crippen molar-refractivity contribution in [3.63, 3.8) is 0 Å². The summed E-state index contributed by atoms with van der Waals surface area (Å²) in [5, 5.41) is 0. The number of hydrogen-bond acceptors (Lipinski definition) is 2. The van der Waals surface area contributed by atoms with Crippen molar-refractivity contribution in [3.05, 3.63) is 35.9 Å². The second kappa shape index (κ2) is 9.46. The molecule has 0 aliphatic rings. The second-order valence-corrected chi connectivity index (χ2v) is 3.63. The van der Waals surface area contributed by atoms with Crippen LogP contribution in [0.15, 0.2) is 30.3 Å². The number of hydrogen-bond donors (Lipinski definition) is 0. The highest BCUT2D eigenvalue weighted by molar-refractivity contribution is 5.99. The van der Waals surface area contributed by atoms with Crippen molar-refractivity contribution in [3.8, 4) is 0 Å². The third kappa shape index (κ3) is 5.07. The monoisotopic (exact) mass is 277 g/mol. The summed E-state index contributed by atoms with van der Waals surface area (Å²) >= 11 is 0. The van der Waals surface area contributed by atoms with Gasteiger partial charge in [0.1, 0.15) is 0 Å². The lowest BCUT2D eigenvalue weighted by Crippen LogP contribution is -2.38. The van der Waals surface area contributed by atoms with E-state index in [9.17, 15) is 4.79 Å². The topological polar surface area (TPSA) is 20.3 Å². The van der Waals surface area contributed by atoms with E-state index in [1.54, 1.807) is 0 Å². The van der Waals surface area contributed by atoms with Crippen molar-refractivity contribution < 1.29 is 4.79 Å². The lowest BCUT2D eigenvalue weighted by Gasteiger charge is -2.25. The van der Waals surface area contributed by atoms with Crippen LogP contribution in [-0.4, -0.2) is 29.8 Å². The van der Waals surface area contributed by atoms with Gasteiger partial charge in [0.2, 0.25) is 0 Å². The average molecular weight is 278 g/mol. The minimum absolute atomic E-state index is 0. The number of likely N-dealkylation sites (N-methyl/N-ethyl adjacent to an activating group) is 1. The Kier molecular flexibility index (Phi) is 10.5. The van der Waals surface area contributed by atoms with E-state index in [0.717, 1.165) is 18.7 Å². The van der Waals surface area contributed by atoms with Gasteiger partial charge in [0.15, 0.2) is 5.78 Å². The van der Waals surface area contributed by atoms with E-state index in [-0.39, 0.29) is 36.6 Å². The fourth-order valence-electron chi connectivity index (χ4n) is 1.78. The number of carbonyl (C=O) groups is 1.